The third-order valence-electron chi connectivity index (χ3n) is 2.45. The normalized spacial score (nSPS) is 10.7. The number of benzene rings is 1. The van der Waals surface area contributed by atoms with Gasteiger partial charge in [0.1, 0.15) is 0 Å². The van der Waals surface area contributed by atoms with Gasteiger partial charge in [-0.25, -0.2) is 0 Å². The molecule has 5 nitrogen and oxygen atoms in total. The zero-order valence-electron chi connectivity index (χ0n) is 11.5. The lowest BCUT2D eigenvalue weighted by atomic mass is 10.2. The van der Waals surface area contributed by atoms with Crippen molar-refractivity contribution in [3.8, 4) is 17.4 Å². The van der Waals surface area contributed by atoms with Gasteiger partial charge in [0.25, 0.3) is 5.76 Å². The van der Waals surface area contributed by atoms with E-state index in [4.69, 9.17) is 4.74 Å². The van der Waals surface area contributed by atoms with Crippen LogP contribution in [0.4, 0.5) is 14.7 Å². The van der Waals surface area contributed by atoms with E-state index in [0.717, 1.165) is 0 Å². The van der Waals surface area contributed by atoms with E-state index >= 15 is 0 Å². The van der Waals surface area contributed by atoms with Crippen molar-refractivity contribution in [3.05, 3.63) is 24.3 Å². The zero-order valence-corrected chi connectivity index (χ0v) is 12.3. The van der Waals surface area contributed by atoms with E-state index in [-0.39, 0.29) is 6.01 Å². The van der Waals surface area contributed by atoms with Crippen LogP contribution in [0, 0.1) is 0 Å². The SMILES string of the molecule is CCOc1nc(NC)nc(-c2ccc(SC(F)F)cc2)n1. The Balaban J connectivity index is 2.29. The van der Waals surface area contributed by atoms with Crippen LogP contribution in [0.3, 0.4) is 0 Å². The van der Waals surface area contributed by atoms with Crippen molar-refractivity contribution >= 4 is 17.7 Å². The molecule has 2 aromatic rings. The zero-order chi connectivity index (χ0) is 15.2. The number of thioether (sulfide) groups is 1. The number of anilines is 1. The second kappa shape index (κ2) is 7.16. The molecular formula is C13H14F2N4OS. The molecule has 0 fully saturated rings. The largest absolute Gasteiger partial charge is 0.464 e. The number of halogens is 2. The van der Waals surface area contributed by atoms with E-state index in [1.54, 1.807) is 31.3 Å². The summed E-state index contributed by atoms with van der Waals surface area (Å²) in [6.45, 7) is 2.27. The fourth-order valence-electron chi connectivity index (χ4n) is 1.58. The van der Waals surface area contributed by atoms with Crippen LogP contribution in [-0.4, -0.2) is 34.4 Å². The molecule has 2 rings (SSSR count). The molecule has 0 amide bonds. The summed E-state index contributed by atoms with van der Waals surface area (Å²) < 4.78 is 29.9. The molecule has 1 aromatic heterocycles. The summed E-state index contributed by atoms with van der Waals surface area (Å²) in [7, 11) is 1.69. The Morgan fingerprint density at radius 1 is 1.19 bits per heavy atom. The second-order valence-electron chi connectivity index (χ2n) is 3.85. The average molecular weight is 312 g/mol. The van der Waals surface area contributed by atoms with Crippen LogP contribution in [0.15, 0.2) is 29.2 Å². The molecule has 0 spiro atoms. The number of alkyl halides is 2. The summed E-state index contributed by atoms with van der Waals surface area (Å²) >= 11 is 0.498. The van der Waals surface area contributed by atoms with Crippen molar-refractivity contribution in [2.45, 2.75) is 17.6 Å². The summed E-state index contributed by atoms with van der Waals surface area (Å²) in [6, 6.07) is 6.81. The van der Waals surface area contributed by atoms with E-state index < -0.39 is 5.76 Å². The highest BCUT2D eigenvalue weighted by atomic mass is 32.2. The number of hydrogen-bond donors (Lipinski definition) is 1. The van der Waals surface area contributed by atoms with Crippen LogP contribution in [0.5, 0.6) is 6.01 Å². The van der Waals surface area contributed by atoms with Gasteiger partial charge in [0, 0.05) is 17.5 Å². The van der Waals surface area contributed by atoms with Gasteiger partial charge in [-0.15, -0.1) is 0 Å². The molecule has 0 aliphatic heterocycles. The standard InChI is InChI=1S/C13H14F2N4OS/c1-3-20-13-18-10(17-12(16-2)19-13)8-4-6-9(7-5-8)21-11(14)15/h4-7,11H,3H2,1-2H3,(H,16,17,18,19). The van der Waals surface area contributed by atoms with Gasteiger partial charge in [0.2, 0.25) is 5.95 Å². The lowest BCUT2D eigenvalue weighted by molar-refractivity contribution is 0.252. The molecular weight excluding hydrogens is 298 g/mol. The minimum absolute atomic E-state index is 0.220. The number of hydrogen-bond acceptors (Lipinski definition) is 6. The maximum Gasteiger partial charge on any atom is 0.321 e. The fraction of sp³-hybridized carbons (Fsp3) is 0.308. The lowest BCUT2D eigenvalue weighted by Gasteiger charge is -2.07. The Kier molecular flexibility index (Phi) is 5.26. The number of rotatable bonds is 6. The molecule has 0 bridgehead atoms. The van der Waals surface area contributed by atoms with E-state index in [9.17, 15) is 8.78 Å². The van der Waals surface area contributed by atoms with Crippen LogP contribution in [-0.2, 0) is 0 Å². The van der Waals surface area contributed by atoms with Crippen molar-refractivity contribution < 1.29 is 13.5 Å². The predicted molar refractivity (Wildman–Crippen MR) is 77.8 cm³/mol. The van der Waals surface area contributed by atoms with Gasteiger partial charge in [-0.1, -0.05) is 23.9 Å². The molecule has 112 valence electrons. The second-order valence-corrected chi connectivity index (χ2v) is 4.91. The van der Waals surface area contributed by atoms with Gasteiger partial charge in [-0.2, -0.15) is 23.7 Å². The molecule has 0 aliphatic carbocycles. The average Bonchev–Trinajstić information content (AvgIpc) is 2.47. The Morgan fingerprint density at radius 2 is 1.90 bits per heavy atom. The van der Waals surface area contributed by atoms with Crippen LogP contribution >= 0.6 is 11.8 Å². The maximum absolute atomic E-state index is 12.3. The van der Waals surface area contributed by atoms with Crippen molar-refractivity contribution in [3.63, 3.8) is 0 Å². The van der Waals surface area contributed by atoms with E-state index in [2.05, 4.69) is 20.3 Å². The summed E-state index contributed by atoms with van der Waals surface area (Å²) in [4.78, 5) is 13.0. The first-order chi connectivity index (χ1) is 10.1. The molecule has 1 heterocycles. The van der Waals surface area contributed by atoms with Crippen LogP contribution in [0.25, 0.3) is 11.4 Å². The minimum atomic E-state index is -2.44. The Hall–Kier alpha value is -1.96. The molecule has 0 unspecified atom stereocenters. The van der Waals surface area contributed by atoms with Crippen LogP contribution in [0.1, 0.15) is 6.92 Å². The van der Waals surface area contributed by atoms with Crippen LogP contribution in [0.2, 0.25) is 0 Å². The highest BCUT2D eigenvalue weighted by molar-refractivity contribution is 7.99. The number of nitrogens with zero attached hydrogens (tertiary/aromatic N) is 3. The predicted octanol–water partition coefficient (Wildman–Crippen LogP) is 3.29. The summed E-state index contributed by atoms with van der Waals surface area (Å²) in [5.74, 6) is -1.63. The highest BCUT2D eigenvalue weighted by Crippen LogP contribution is 2.27. The van der Waals surface area contributed by atoms with Gasteiger partial charge in [0.15, 0.2) is 5.82 Å². The van der Waals surface area contributed by atoms with Crippen LogP contribution < -0.4 is 10.1 Å². The summed E-state index contributed by atoms with van der Waals surface area (Å²) in [5, 5.41) is 2.83. The summed E-state index contributed by atoms with van der Waals surface area (Å²) in [5.41, 5.74) is 0.702. The topological polar surface area (TPSA) is 59.9 Å². The smallest absolute Gasteiger partial charge is 0.321 e. The van der Waals surface area contributed by atoms with Gasteiger partial charge in [-0.3, -0.25) is 0 Å². The van der Waals surface area contributed by atoms with Crippen molar-refractivity contribution in [1.82, 2.24) is 15.0 Å². The Bertz CT molecular complexity index is 595. The quantitative estimate of drug-likeness (QED) is 0.826. The molecule has 1 N–H and O–H groups in total. The molecule has 0 saturated heterocycles. The van der Waals surface area contributed by atoms with Gasteiger partial charge in [-0.05, 0) is 19.1 Å². The maximum atomic E-state index is 12.3. The molecule has 0 atom stereocenters. The molecule has 8 heteroatoms. The van der Waals surface area contributed by atoms with Crippen molar-refractivity contribution in [2.75, 3.05) is 19.0 Å². The molecule has 21 heavy (non-hydrogen) atoms. The first kappa shape index (κ1) is 15.4. The van der Waals surface area contributed by atoms with Gasteiger partial charge < -0.3 is 10.1 Å². The number of nitrogens with one attached hydrogen (secondary N) is 1. The molecule has 1 aromatic carbocycles. The Labute approximate surface area is 125 Å². The van der Waals surface area contributed by atoms with Crippen molar-refractivity contribution in [2.24, 2.45) is 0 Å². The first-order valence-corrected chi connectivity index (χ1v) is 7.12. The molecule has 0 aliphatic rings. The van der Waals surface area contributed by atoms with E-state index in [1.807, 2.05) is 6.92 Å². The third-order valence-corrected chi connectivity index (χ3v) is 3.17. The first-order valence-electron chi connectivity index (χ1n) is 6.24. The van der Waals surface area contributed by atoms with E-state index in [0.29, 0.717) is 40.6 Å². The highest BCUT2D eigenvalue weighted by Gasteiger charge is 2.10. The number of aromatic nitrogens is 3. The van der Waals surface area contributed by atoms with Gasteiger partial charge in [0.05, 0.1) is 6.61 Å². The monoisotopic (exact) mass is 312 g/mol. The van der Waals surface area contributed by atoms with Gasteiger partial charge >= 0.3 is 6.01 Å². The molecule has 0 radical (unpaired) electrons. The Morgan fingerprint density at radius 3 is 2.48 bits per heavy atom. The molecule has 0 saturated carbocycles. The summed E-state index contributed by atoms with van der Waals surface area (Å²) in [6.07, 6.45) is 0. The third kappa shape index (κ3) is 4.25. The lowest BCUT2D eigenvalue weighted by Crippen LogP contribution is -2.05. The minimum Gasteiger partial charge on any atom is -0.464 e. The number of ether oxygens (including phenoxy) is 1. The fourth-order valence-corrected chi connectivity index (χ4v) is 2.08. The van der Waals surface area contributed by atoms with E-state index in [1.165, 1.54) is 0 Å². The van der Waals surface area contributed by atoms with Crippen molar-refractivity contribution in [1.29, 1.82) is 0 Å².